The number of aromatic nitrogens is 3. The topological polar surface area (TPSA) is 97.5 Å². The van der Waals surface area contributed by atoms with Gasteiger partial charge in [0.15, 0.2) is 5.69 Å². The fourth-order valence-electron chi connectivity index (χ4n) is 1.17. The predicted molar refractivity (Wildman–Crippen MR) is 49.8 cm³/mol. The number of hydrogen-bond donors (Lipinski definition) is 2. The Balaban J connectivity index is 2.74. The number of rotatable bonds is 7. The van der Waals surface area contributed by atoms with Crippen molar-refractivity contribution >= 4 is 5.97 Å². The number of aliphatic hydroxyl groups is 1. The Hall–Kier alpha value is -1.61. The summed E-state index contributed by atoms with van der Waals surface area (Å²) in [5.41, 5.74) is -1.51. The molecule has 0 unspecified atom stereocenters. The Kier molecular flexibility index (Phi) is 4.91. The second-order valence-electron chi connectivity index (χ2n) is 2.99. The quantitative estimate of drug-likeness (QED) is 0.658. The molecular weight excluding hydrogens is 240 g/mol. The number of carboxylic acids is 1. The van der Waals surface area contributed by atoms with Crippen molar-refractivity contribution in [3.63, 3.8) is 0 Å². The van der Waals surface area contributed by atoms with Crippen molar-refractivity contribution in [3.05, 3.63) is 11.4 Å². The normalized spacial score (nSPS) is 11.1. The van der Waals surface area contributed by atoms with Crippen molar-refractivity contribution in [3.8, 4) is 0 Å². The zero-order valence-corrected chi connectivity index (χ0v) is 8.71. The van der Waals surface area contributed by atoms with Gasteiger partial charge in [-0.3, -0.25) is 0 Å². The highest BCUT2D eigenvalue weighted by Gasteiger charge is 2.25. The summed E-state index contributed by atoms with van der Waals surface area (Å²) in [5.74, 6) is -1.55. The van der Waals surface area contributed by atoms with Gasteiger partial charge in [-0.1, -0.05) is 5.21 Å². The van der Waals surface area contributed by atoms with Gasteiger partial charge in [0.05, 0.1) is 26.4 Å². The fourth-order valence-corrected chi connectivity index (χ4v) is 1.17. The number of alkyl halides is 2. The number of carboxylic acid groups (broad SMARTS) is 1. The highest BCUT2D eigenvalue weighted by molar-refractivity contribution is 5.86. The maximum absolute atomic E-state index is 12.6. The van der Waals surface area contributed by atoms with Gasteiger partial charge < -0.3 is 14.9 Å². The van der Waals surface area contributed by atoms with Crippen molar-refractivity contribution in [1.29, 1.82) is 0 Å². The smallest absolute Gasteiger partial charge is 0.358 e. The van der Waals surface area contributed by atoms with E-state index in [-0.39, 0.29) is 26.4 Å². The highest BCUT2D eigenvalue weighted by atomic mass is 19.3. The molecule has 0 saturated carbocycles. The summed E-state index contributed by atoms with van der Waals surface area (Å²) < 4.78 is 30.9. The molecule has 96 valence electrons. The van der Waals surface area contributed by atoms with E-state index in [1.165, 1.54) is 0 Å². The monoisotopic (exact) mass is 251 g/mol. The number of halogens is 2. The first-order chi connectivity index (χ1) is 8.07. The van der Waals surface area contributed by atoms with Crippen molar-refractivity contribution in [1.82, 2.24) is 15.0 Å². The molecule has 0 radical (unpaired) electrons. The lowest BCUT2D eigenvalue weighted by Crippen LogP contribution is -2.13. The summed E-state index contributed by atoms with van der Waals surface area (Å²) in [6.07, 6.45) is -2.98. The molecule has 0 spiro atoms. The summed E-state index contributed by atoms with van der Waals surface area (Å²) in [5, 5.41) is 23.5. The zero-order chi connectivity index (χ0) is 12.8. The standard InChI is InChI=1S/C8H11F2N3O4/c9-7(10)6-5(8(15)16)11-12-13(6)1-3-17-4-2-14/h7,14H,1-4H2,(H,15,16). The maximum Gasteiger partial charge on any atom is 0.358 e. The van der Waals surface area contributed by atoms with E-state index in [1.54, 1.807) is 0 Å². The van der Waals surface area contributed by atoms with E-state index in [9.17, 15) is 13.6 Å². The Morgan fingerprint density at radius 1 is 1.47 bits per heavy atom. The molecule has 9 heteroatoms. The van der Waals surface area contributed by atoms with Crippen molar-refractivity contribution in [2.45, 2.75) is 13.0 Å². The molecule has 7 nitrogen and oxygen atoms in total. The number of ether oxygens (including phenoxy) is 1. The second-order valence-corrected chi connectivity index (χ2v) is 2.99. The fraction of sp³-hybridized carbons (Fsp3) is 0.625. The zero-order valence-electron chi connectivity index (χ0n) is 8.71. The van der Waals surface area contributed by atoms with E-state index in [2.05, 4.69) is 10.3 Å². The minimum atomic E-state index is -2.98. The molecule has 2 N–H and O–H groups in total. The number of aliphatic hydroxyl groups excluding tert-OH is 1. The van der Waals surface area contributed by atoms with Crippen LogP contribution >= 0.6 is 0 Å². The number of hydrogen-bond acceptors (Lipinski definition) is 5. The molecule has 0 aromatic carbocycles. The lowest BCUT2D eigenvalue weighted by molar-refractivity contribution is 0.0670. The van der Waals surface area contributed by atoms with Crippen LogP contribution in [0.4, 0.5) is 8.78 Å². The molecule has 1 aromatic heterocycles. The van der Waals surface area contributed by atoms with Gasteiger partial charge in [0.25, 0.3) is 6.43 Å². The van der Waals surface area contributed by atoms with Crippen LogP contribution in [0.2, 0.25) is 0 Å². The van der Waals surface area contributed by atoms with E-state index >= 15 is 0 Å². The first-order valence-corrected chi connectivity index (χ1v) is 4.71. The summed E-state index contributed by atoms with van der Waals surface area (Å²) >= 11 is 0. The van der Waals surface area contributed by atoms with Crippen LogP contribution in [0, 0.1) is 0 Å². The molecule has 0 fully saturated rings. The lowest BCUT2D eigenvalue weighted by Gasteiger charge is -2.06. The highest BCUT2D eigenvalue weighted by Crippen LogP contribution is 2.21. The van der Waals surface area contributed by atoms with E-state index in [0.29, 0.717) is 0 Å². The van der Waals surface area contributed by atoms with Crippen LogP contribution in [0.3, 0.4) is 0 Å². The lowest BCUT2D eigenvalue weighted by atomic mass is 10.3. The largest absolute Gasteiger partial charge is 0.476 e. The van der Waals surface area contributed by atoms with Crippen molar-refractivity contribution < 1.29 is 28.5 Å². The molecular formula is C8H11F2N3O4. The van der Waals surface area contributed by atoms with Crippen molar-refractivity contribution in [2.24, 2.45) is 0 Å². The Labute approximate surface area is 94.6 Å². The molecule has 0 amide bonds. The molecule has 0 bridgehead atoms. The molecule has 0 aliphatic heterocycles. The number of nitrogens with zero attached hydrogens (tertiary/aromatic N) is 3. The van der Waals surface area contributed by atoms with Gasteiger partial charge in [-0.25, -0.2) is 18.3 Å². The van der Waals surface area contributed by atoms with Crippen LogP contribution in [0.15, 0.2) is 0 Å². The van der Waals surface area contributed by atoms with E-state index < -0.39 is 23.8 Å². The van der Waals surface area contributed by atoms with Crippen LogP contribution in [0.25, 0.3) is 0 Å². The van der Waals surface area contributed by atoms with Gasteiger partial charge in [0, 0.05) is 0 Å². The third-order valence-corrected chi connectivity index (χ3v) is 1.87. The first kappa shape index (κ1) is 13.5. The van der Waals surface area contributed by atoms with Gasteiger partial charge in [-0.15, -0.1) is 5.10 Å². The average Bonchev–Trinajstić information content (AvgIpc) is 2.68. The van der Waals surface area contributed by atoms with Gasteiger partial charge in [0.2, 0.25) is 0 Å². The third kappa shape index (κ3) is 3.43. The number of aromatic carboxylic acids is 1. The molecule has 0 aliphatic carbocycles. The molecule has 0 aliphatic rings. The molecule has 17 heavy (non-hydrogen) atoms. The van der Waals surface area contributed by atoms with Crippen LogP contribution in [0.5, 0.6) is 0 Å². The second kappa shape index (κ2) is 6.21. The van der Waals surface area contributed by atoms with Crippen LogP contribution in [0.1, 0.15) is 22.6 Å². The first-order valence-electron chi connectivity index (χ1n) is 4.71. The maximum atomic E-state index is 12.6. The Morgan fingerprint density at radius 2 is 2.18 bits per heavy atom. The molecule has 1 aromatic rings. The molecule has 1 heterocycles. The minimum Gasteiger partial charge on any atom is -0.476 e. The molecule has 0 atom stereocenters. The Morgan fingerprint density at radius 3 is 2.71 bits per heavy atom. The van der Waals surface area contributed by atoms with Gasteiger partial charge >= 0.3 is 5.97 Å². The summed E-state index contributed by atoms with van der Waals surface area (Å²) in [7, 11) is 0. The summed E-state index contributed by atoms with van der Waals surface area (Å²) in [4.78, 5) is 10.6. The summed E-state index contributed by atoms with van der Waals surface area (Å²) in [6, 6.07) is 0. The van der Waals surface area contributed by atoms with Gasteiger partial charge in [-0.05, 0) is 0 Å². The minimum absolute atomic E-state index is 0.0305. The average molecular weight is 251 g/mol. The third-order valence-electron chi connectivity index (χ3n) is 1.87. The van der Waals surface area contributed by atoms with Gasteiger partial charge in [-0.2, -0.15) is 0 Å². The van der Waals surface area contributed by atoms with E-state index in [4.69, 9.17) is 14.9 Å². The van der Waals surface area contributed by atoms with Crippen molar-refractivity contribution in [2.75, 3.05) is 19.8 Å². The Bertz CT molecular complexity index is 383. The van der Waals surface area contributed by atoms with Gasteiger partial charge in [0.1, 0.15) is 5.69 Å². The van der Waals surface area contributed by atoms with Crippen LogP contribution in [-0.2, 0) is 11.3 Å². The molecule has 0 saturated heterocycles. The molecule has 1 rings (SSSR count). The number of carbonyl (C=O) groups is 1. The SMILES string of the molecule is O=C(O)c1nnn(CCOCCO)c1C(F)F. The van der Waals surface area contributed by atoms with E-state index in [1.807, 2.05) is 0 Å². The van der Waals surface area contributed by atoms with Crippen LogP contribution in [-0.4, -0.2) is 51.0 Å². The van der Waals surface area contributed by atoms with Crippen LogP contribution < -0.4 is 0 Å². The summed E-state index contributed by atoms with van der Waals surface area (Å²) in [6.45, 7) is -0.132. The van der Waals surface area contributed by atoms with E-state index in [0.717, 1.165) is 4.68 Å². The predicted octanol–water partition coefficient (Wildman–Crippen LogP) is -0.0772.